The Balaban J connectivity index is 1.40. The zero-order chi connectivity index (χ0) is 22.5. The van der Waals surface area contributed by atoms with Gasteiger partial charge in [-0.2, -0.15) is 0 Å². The van der Waals surface area contributed by atoms with Crippen LogP contribution in [0.3, 0.4) is 0 Å². The molecule has 1 saturated heterocycles. The standard InChI is InChI=1S/C25H28N2O4S/c1-18(29)25-26-13-14-27(25)22(16-28)9-4-19-2-5-20(6-3-19)21-7-10-23(11-8-21)31-24-12-15-32(30)17-24/h2-11,13-14,18,22,24,28-29H,12,15-17H2,1H3/b9-4+/t18-,22?,24?,32?/m0/s1. The monoisotopic (exact) mass is 452 g/mol. The summed E-state index contributed by atoms with van der Waals surface area (Å²) in [5.41, 5.74) is 3.21. The number of aromatic nitrogens is 2. The van der Waals surface area contributed by atoms with Crippen molar-refractivity contribution in [3.8, 4) is 16.9 Å². The molecule has 4 atom stereocenters. The third kappa shape index (κ3) is 5.42. The van der Waals surface area contributed by atoms with E-state index < -0.39 is 17.3 Å². The van der Waals surface area contributed by atoms with Gasteiger partial charge in [0.05, 0.1) is 12.6 Å². The summed E-state index contributed by atoms with van der Waals surface area (Å²) in [6.07, 6.45) is 7.44. The van der Waals surface area contributed by atoms with Crippen molar-refractivity contribution < 1.29 is 19.5 Å². The fraction of sp³-hybridized carbons (Fsp3) is 0.320. The molecule has 7 heteroatoms. The second-order valence-corrected chi connectivity index (χ2v) is 9.58. The molecule has 2 heterocycles. The molecule has 1 fully saturated rings. The first-order valence-corrected chi connectivity index (χ1v) is 12.2. The number of ether oxygens (including phenoxy) is 1. The van der Waals surface area contributed by atoms with Crippen molar-refractivity contribution in [2.75, 3.05) is 18.1 Å². The Kier molecular flexibility index (Phi) is 7.32. The summed E-state index contributed by atoms with van der Waals surface area (Å²) in [6, 6.07) is 15.9. The zero-order valence-electron chi connectivity index (χ0n) is 18.0. The predicted molar refractivity (Wildman–Crippen MR) is 127 cm³/mol. The first kappa shape index (κ1) is 22.6. The van der Waals surface area contributed by atoms with Crippen LogP contribution in [0.5, 0.6) is 5.75 Å². The molecule has 0 aliphatic carbocycles. The molecule has 4 rings (SSSR count). The predicted octanol–water partition coefficient (Wildman–Crippen LogP) is 3.75. The van der Waals surface area contributed by atoms with Crippen molar-refractivity contribution in [1.82, 2.24) is 9.55 Å². The SMILES string of the molecule is C[C@H](O)c1nccn1C(/C=C/c1ccc(-c2ccc(OC3CC[S+]([O-])C3)cc2)cc1)CO. The topological polar surface area (TPSA) is 90.6 Å². The zero-order valence-corrected chi connectivity index (χ0v) is 18.8. The molecule has 1 aromatic heterocycles. The molecule has 3 aromatic rings. The molecule has 1 aliphatic rings. The highest BCUT2D eigenvalue weighted by Crippen LogP contribution is 2.26. The average Bonchev–Trinajstić information content (AvgIpc) is 3.45. The summed E-state index contributed by atoms with van der Waals surface area (Å²) in [5, 5.41) is 19.6. The van der Waals surface area contributed by atoms with Crippen LogP contribution < -0.4 is 4.74 Å². The van der Waals surface area contributed by atoms with E-state index in [-0.39, 0.29) is 18.8 Å². The van der Waals surface area contributed by atoms with E-state index in [9.17, 15) is 14.8 Å². The van der Waals surface area contributed by atoms with Crippen LogP contribution in [-0.2, 0) is 11.2 Å². The van der Waals surface area contributed by atoms with Gasteiger partial charge in [0, 0.05) is 18.8 Å². The Hall–Kier alpha value is -2.58. The fourth-order valence-corrected chi connectivity index (χ4v) is 5.17. The van der Waals surface area contributed by atoms with Gasteiger partial charge in [0.25, 0.3) is 0 Å². The van der Waals surface area contributed by atoms with Crippen LogP contribution in [-0.4, -0.2) is 48.5 Å². The van der Waals surface area contributed by atoms with E-state index >= 15 is 0 Å². The normalized spacial score (nSPS) is 20.5. The van der Waals surface area contributed by atoms with Gasteiger partial charge < -0.3 is 24.1 Å². The number of aliphatic hydroxyl groups is 2. The van der Waals surface area contributed by atoms with Crippen molar-refractivity contribution in [3.05, 3.63) is 78.4 Å². The number of imidazole rings is 1. The van der Waals surface area contributed by atoms with Crippen molar-refractivity contribution >= 4 is 17.3 Å². The lowest BCUT2D eigenvalue weighted by Gasteiger charge is -2.16. The lowest BCUT2D eigenvalue weighted by atomic mass is 10.0. The molecule has 0 spiro atoms. The van der Waals surface area contributed by atoms with Crippen LogP contribution in [0, 0.1) is 0 Å². The number of hydrogen-bond donors (Lipinski definition) is 2. The van der Waals surface area contributed by atoms with Crippen LogP contribution in [0.1, 0.15) is 36.9 Å². The molecule has 0 saturated carbocycles. The Morgan fingerprint density at radius 2 is 1.88 bits per heavy atom. The molecule has 2 aromatic carbocycles. The molecule has 32 heavy (non-hydrogen) atoms. The highest BCUT2D eigenvalue weighted by Gasteiger charge is 2.27. The minimum absolute atomic E-state index is 0.0505. The molecule has 1 aliphatic heterocycles. The van der Waals surface area contributed by atoms with E-state index in [2.05, 4.69) is 17.1 Å². The summed E-state index contributed by atoms with van der Waals surface area (Å²) in [5.74, 6) is 2.68. The summed E-state index contributed by atoms with van der Waals surface area (Å²) in [4.78, 5) is 4.17. The van der Waals surface area contributed by atoms with Crippen molar-refractivity contribution in [1.29, 1.82) is 0 Å². The first-order chi connectivity index (χ1) is 15.5. The maximum atomic E-state index is 11.5. The summed E-state index contributed by atoms with van der Waals surface area (Å²) in [6.45, 7) is 1.57. The maximum Gasteiger partial charge on any atom is 0.147 e. The van der Waals surface area contributed by atoms with Crippen molar-refractivity contribution in [3.63, 3.8) is 0 Å². The van der Waals surface area contributed by atoms with Gasteiger partial charge in [0.2, 0.25) is 0 Å². The van der Waals surface area contributed by atoms with E-state index in [0.29, 0.717) is 11.6 Å². The summed E-state index contributed by atoms with van der Waals surface area (Å²) >= 11 is -0.741. The van der Waals surface area contributed by atoms with Crippen LogP contribution in [0.15, 0.2) is 67.0 Å². The molecule has 168 valence electrons. The van der Waals surface area contributed by atoms with E-state index in [1.807, 2.05) is 48.6 Å². The minimum atomic E-state index is -0.741. The smallest absolute Gasteiger partial charge is 0.147 e. The summed E-state index contributed by atoms with van der Waals surface area (Å²) in [7, 11) is 0. The van der Waals surface area contributed by atoms with E-state index in [0.717, 1.165) is 34.6 Å². The van der Waals surface area contributed by atoms with Gasteiger partial charge in [-0.3, -0.25) is 0 Å². The third-order valence-electron chi connectivity index (χ3n) is 5.57. The molecule has 2 N–H and O–H groups in total. The van der Waals surface area contributed by atoms with Gasteiger partial charge in [0.15, 0.2) is 0 Å². The van der Waals surface area contributed by atoms with Gasteiger partial charge >= 0.3 is 0 Å². The lowest BCUT2D eigenvalue weighted by Crippen LogP contribution is -2.17. The van der Waals surface area contributed by atoms with Crippen molar-refractivity contribution in [2.24, 2.45) is 0 Å². The first-order valence-electron chi connectivity index (χ1n) is 10.8. The average molecular weight is 453 g/mol. The molecule has 0 amide bonds. The largest absolute Gasteiger partial charge is 0.616 e. The van der Waals surface area contributed by atoms with E-state index in [1.54, 1.807) is 23.9 Å². The van der Waals surface area contributed by atoms with Gasteiger partial charge in [-0.1, -0.05) is 48.6 Å². The molecule has 0 radical (unpaired) electrons. The van der Waals surface area contributed by atoms with Crippen molar-refractivity contribution in [2.45, 2.75) is 31.6 Å². The second-order valence-electron chi connectivity index (χ2n) is 7.96. The van der Waals surface area contributed by atoms with Crippen LogP contribution in [0.4, 0.5) is 0 Å². The van der Waals surface area contributed by atoms with Gasteiger partial charge in [-0.15, -0.1) is 0 Å². The van der Waals surface area contributed by atoms with Crippen LogP contribution in [0.2, 0.25) is 0 Å². The number of nitrogens with zero attached hydrogens (tertiary/aromatic N) is 2. The van der Waals surface area contributed by atoms with Gasteiger partial charge in [0.1, 0.15) is 35.3 Å². The molecule has 3 unspecified atom stereocenters. The maximum absolute atomic E-state index is 11.5. The summed E-state index contributed by atoms with van der Waals surface area (Å²) < 4.78 is 19.2. The third-order valence-corrected chi connectivity index (χ3v) is 7.00. The van der Waals surface area contributed by atoms with E-state index in [1.165, 1.54) is 0 Å². The number of hydrogen-bond acceptors (Lipinski definition) is 5. The second kappa shape index (κ2) is 10.4. The van der Waals surface area contributed by atoms with Gasteiger partial charge in [-0.05, 0) is 46.9 Å². The highest BCUT2D eigenvalue weighted by atomic mass is 32.2. The van der Waals surface area contributed by atoms with E-state index in [4.69, 9.17) is 4.74 Å². The highest BCUT2D eigenvalue weighted by molar-refractivity contribution is 7.91. The van der Waals surface area contributed by atoms with Crippen LogP contribution >= 0.6 is 0 Å². The minimum Gasteiger partial charge on any atom is -0.616 e. The molecule has 0 bridgehead atoms. The van der Waals surface area contributed by atoms with Gasteiger partial charge in [-0.25, -0.2) is 4.98 Å². The fourth-order valence-electron chi connectivity index (χ4n) is 3.83. The molecular weight excluding hydrogens is 424 g/mol. The lowest BCUT2D eigenvalue weighted by molar-refractivity contribution is 0.175. The molecule has 6 nitrogen and oxygen atoms in total. The Morgan fingerprint density at radius 1 is 1.19 bits per heavy atom. The number of benzene rings is 2. The van der Waals surface area contributed by atoms with Crippen LogP contribution in [0.25, 0.3) is 17.2 Å². The number of rotatable bonds is 8. The number of aliphatic hydroxyl groups excluding tert-OH is 2. The molecular formula is C25H28N2O4S. The Labute approximate surface area is 191 Å². The Morgan fingerprint density at radius 3 is 2.47 bits per heavy atom. The quantitative estimate of drug-likeness (QED) is 0.508. The Bertz CT molecular complexity index is 1030.